The Morgan fingerprint density at radius 2 is 1.59 bits per heavy atom. The Morgan fingerprint density at radius 1 is 1.00 bits per heavy atom. The number of alkyl carbamates (subject to hydrolysis) is 1. The summed E-state index contributed by atoms with van der Waals surface area (Å²) in [6.45, 7) is 1.81. The highest BCUT2D eigenvalue weighted by Crippen LogP contribution is 2.44. The molecule has 0 heterocycles. The summed E-state index contributed by atoms with van der Waals surface area (Å²) in [4.78, 5) is 36.2. The van der Waals surface area contributed by atoms with Crippen molar-refractivity contribution in [1.29, 1.82) is 0 Å². The van der Waals surface area contributed by atoms with Crippen LogP contribution in [0.5, 0.6) is 0 Å². The quantitative estimate of drug-likeness (QED) is 0.586. The van der Waals surface area contributed by atoms with Gasteiger partial charge < -0.3 is 20.5 Å². The first kappa shape index (κ1) is 21.9. The second kappa shape index (κ2) is 9.42. The molecule has 168 valence electrons. The van der Waals surface area contributed by atoms with E-state index in [-0.39, 0.29) is 30.8 Å². The molecule has 2 atom stereocenters. The van der Waals surface area contributed by atoms with Crippen molar-refractivity contribution < 1.29 is 24.2 Å². The third-order valence-corrected chi connectivity index (χ3v) is 6.39. The molecule has 1 unspecified atom stereocenters. The number of rotatable bonds is 8. The van der Waals surface area contributed by atoms with Crippen LogP contribution in [0.2, 0.25) is 0 Å². The van der Waals surface area contributed by atoms with Crippen LogP contribution in [0.4, 0.5) is 4.79 Å². The first-order valence-corrected chi connectivity index (χ1v) is 11.1. The number of fused-ring (bicyclic) bond motifs is 3. The minimum Gasteiger partial charge on any atom is -0.481 e. The highest BCUT2D eigenvalue weighted by atomic mass is 16.5. The zero-order valence-corrected chi connectivity index (χ0v) is 18.0. The molecule has 2 aromatic rings. The van der Waals surface area contributed by atoms with E-state index in [1.54, 1.807) is 6.92 Å². The number of hydrogen-bond donors (Lipinski definition) is 3. The van der Waals surface area contributed by atoms with Crippen molar-refractivity contribution in [3.05, 3.63) is 59.7 Å². The minimum absolute atomic E-state index is 0.0347. The standard InChI is InChI=1S/C25H28N2O5/c1-15(13-22(28)29)26-24(30)23(16-7-6-8-16)27-25(31)32-14-21-19-11-4-2-9-17(19)18-10-3-5-12-20(18)21/h2-5,9-12,15-16,21,23H,6-8,13-14H2,1H3,(H,26,30)(H,27,31)(H,28,29)/t15-,23?/m0/s1. The summed E-state index contributed by atoms with van der Waals surface area (Å²) >= 11 is 0. The summed E-state index contributed by atoms with van der Waals surface area (Å²) in [6, 6.07) is 15.0. The van der Waals surface area contributed by atoms with Crippen LogP contribution in [0, 0.1) is 5.92 Å². The smallest absolute Gasteiger partial charge is 0.407 e. The van der Waals surface area contributed by atoms with Gasteiger partial charge in [0.1, 0.15) is 12.6 Å². The van der Waals surface area contributed by atoms with Gasteiger partial charge in [-0.3, -0.25) is 9.59 Å². The number of ether oxygens (including phenoxy) is 1. The zero-order chi connectivity index (χ0) is 22.7. The molecule has 2 aromatic carbocycles. The van der Waals surface area contributed by atoms with Gasteiger partial charge in [0.15, 0.2) is 0 Å². The Hall–Kier alpha value is -3.35. The van der Waals surface area contributed by atoms with Gasteiger partial charge >= 0.3 is 12.1 Å². The van der Waals surface area contributed by atoms with Crippen LogP contribution in [0.1, 0.15) is 49.7 Å². The van der Waals surface area contributed by atoms with Gasteiger partial charge in [-0.05, 0) is 47.9 Å². The van der Waals surface area contributed by atoms with Gasteiger partial charge in [0.25, 0.3) is 0 Å². The highest BCUT2D eigenvalue weighted by Gasteiger charge is 2.35. The molecule has 7 nitrogen and oxygen atoms in total. The van der Waals surface area contributed by atoms with Crippen LogP contribution in [0.25, 0.3) is 11.1 Å². The highest BCUT2D eigenvalue weighted by molar-refractivity contribution is 5.86. The average Bonchev–Trinajstić information content (AvgIpc) is 3.03. The van der Waals surface area contributed by atoms with E-state index in [9.17, 15) is 14.4 Å². The molecular weight excluding hydrogens is 408 g/mol. The molecule has 0 aliphatic heterocycles. The molecule has 0 saturated heterocycles. The predicted octanol–water partition coefficient (Wildman–Crippen LogP) is 3.67. The Kier molecular flexibility index (Phi) is 6.44. The van der Waals surface area contributed by atoms with Crippen molar-refractivity contribution in [3.63, 3.8) is 0 Å². The summed E-state index contributed by atoms with van der Waals surface area (Å²) in [6.07, 6.45) is 1.88. The molecule has 0 spiro atoms. The van der Waals surface area contributed by atoms with Crippen molar-refractivity contribution in [1.82, 2.24) is 10.6 Å². The summed E-state index contributed by atoms with van der Waals surface area (Å²) in [5.74, 6) is -1.37. The second-order valence-corrected chi connectivity index (χ2v) is 8.65. The Labute approximate surface area is 187 Å². The largest absolute Gasteiger partial charge is 0.481 e. The molecule has 2 aliphatic rings. The first-order valence-electron chi connectivity index (χ1n) is 11.1. The van der Waals surface area contributed by atoms with E-state index in [1.165, 1.54) is 0 Å². The first-order chi connectivity index (χ1) is 15.4. The van der Waals surface area contributed by atoms with E-state index < -0.39 is 24.1 Å². The monoisotopic (exact) mass is 436 g/mol. The lowest BCUT2D eigenvalue weighted by Crippen LogP contribution is -2.54. The number of amides is 2. The number of aliphatic carboxylic acids is 1. The van der Waals surface area contributed by atoms with E-state index in [0.29, 0.717) is 0 Å². The van der Waals surface area contributed by atoms with Gasteiger partial charge in [-0.1, -0.05) is 55.0 Å². The maximum Gasteiger partial charge on any atom is 0.407 e. The van der Waals surface area contributed by atoms with Crippen LogP contribution >= 0.6 is 0 Å². The number of carbonyl (C=O) groups is 3. The summed E-state index contributed by atoms with van der Waals surface area (Å²) in [5.41, 5.74) is 4.54. The third-order valence-electron chi connectivity index (χ3n) is 6.39. The van der Waals surface area contributed by atoms with Crippen LogP contribution in [0.3, 0.4) is 0 Å². The summed E-state index contributed by atoms with van der Waals surface area (Å²) in [5, 5.41) is 14.3. The number of nitrogens with one attached hydrogen (secondary N) is 2. The maximum atomic E-state index is 12.7. The van der Waals surface area contributed by atoms with Crippen molar-refractivity contribution >= 4 is 18.0 Å². The number of benzene rings is 2. The Balaban J connectivity index is 1.40. The molecule has 7 heteroatoms. The van der Waals surface area contributed by atoms with Gasteiger partial charge in [-0.25, -0.2) is 4.79 Å². The molecule has 0 aromatic heterocycles. The fourth-order valence-electron chi connectivity index (χ4n) is 4.58. The molecule has 1 saturated carbocycles. The predicted molar refractivity (Wildman–Crippen MR) is 119 cm³/mol. The van der Waals surface area contributed by atoms with Crippen molar-refractivity contribution in [3.8, 4) is 11.1 Å². The Bertz CT molecular complexity index is 971. The fraction of sp³-hybridized carbons (Fsp3) is 0.400. The van der Waals surface area contributed by atoms with Crippen molar-refractivity contribution in [2.24, 2.45) is 5.92 Å². The van der Waals surface area contributed by atoms with Gasteiger partial charge in [0.2, 0.25) is 5.91 Å². The molecule has 0 bridgehead atoms. The van der Waals surface area contributed by atoms with E-state index in [2.05, 4.69) is 34.9 Å². The van der Waals surface area contributed by atoms with E-state index in [0.717, 1.165) is 41.5 Å². The van der Waals surface area contributed by atoms with Gasteiger partial charge in [0, 0.05) is 12.0 Å². The second-order valence-electron chi connectivity index (χ2n) is 8.65. The zero-order valence-electron chi connectivity index (χ0n) is 18.0. The lowest BCUT2D eigenvalue weighted by molar-refractivity contribution is -0.137. The topological polar surface area (TPSA) is 105 Å². The molecule has 2 aliphatic carbocycles. The van der Waals surface area contributed by atoms with Crippen LogP contribution in [0.15, 0.2) is 48.5 Å². The maximum absolute atomic E-state index is 12.7. The van der Waals surface area contributed by atoms with E-state index in [4.69, 9.17) is 9.84 Å². The summed E-state index contributed by atoms with van der Waals surface area (Å²) in [7, 11) is 0. The van der Waals surface area contributed by atoms with E-state index >= 15 is 0 Å². The van der Waals surface area contributed by atoms with Gasteiger partial charge in [0.05, 0.1) is 6.42 Å². The third kappa shape index (κ3) is 4.61. The molecule has 0 radical (unpaired) electrons. The Morgan fingerprint density at radius 3 is 2.12 bits per heavy atom. The number of hydrogen-bond acceptors (Lipinski definition) is 4. The normalized spacial score (nSPS) is 16.8. The molecule has 1 fully saturated rings. The average molecular weight is 437 g/mol. The molecule has 3 N–H and O–H groups in total. The number of carboxylic acids is 1. The lowest BCUT2D eigenvalue weighted by Gasteiger charge is -2.33. The van der Waals surface area contributed by atoms with Crippen LogP contribution in [-0.4, -0.2) is 41.8 Å². The number of carbonyl (C=O) groups excluding carboxylic acids is 2. The molecular formula is C25H28N2O5. The van der Waals surface area contributed by atoms with Crippen molar-refractivity contribution in [2.75, 3.05) is 6.61 Å². The molecule has 32 heavy (non-hydrogen) atoms. The minimum atomic E-state index is -0.984. The summed E-state index contributed by atoms with van der Waals surface area (Å²) < 4.78 is 5.58. The van der Waals surface area contributed by atoms with E-state index in [1.807, 2.05) is 24.3 Å². The lowest BCUT2D eigenvalue weighted by atomic mass is 9.79. The van der Waals surface area contributed by atoms with Crippen LogP contribution in [-0.2, 0) is 14.3 Å². The van der Waals surface area contributed by atoms with Gasteiger partial charge in [-0.2, -0.15) is 0 Å². The van der Waals surface area contributed by atoms with Crippen molar-refractivity contribution in [2.45, 2.75) is 50.6 Å². The SMILES string of the molecule is C[C@@H](CC(=O)O)NC(=O)C(NC(=O)OCC1c2ccccc2-c2ccccc21)C1CCC1. The molecule has 4 rings (SSSR count). The van der Waals surface area contributed by atoms with Crippen LogP contribution < -0.4 is 10.6 Å². The van der Waals surface area contributed by atoms with Gasteiger partial charge in [-0.15, -0.1) is 0 Å². The number of carboxylic acid groups (broad SMARTS) is 1. The fourth-order valence-corrected chi connectivity index (χ4v) is 4.58. The molecule has 2 amide bonds.